The van der Waals surface area contributed by atoms with Gasteiger partial charge in [-0.1, -0.05) is 35.9 Å². The van der Waals surface area contributed by atoms with E-state index in [1.54, 1.807) is 13.0 Å². The van der Waals surface area contributed by atoms with Gasteiger partial charge in [0, 0.05) is 17.1 Å². The van der Waals surface area contributed by atoms with Crippen LogP contribution in [0.1, 0.15) is 18.1 Å². The van der Waals surface area contributed by atoms with Crippen molar-refractivity contribution in [3.8, 4) is 5.75 Å². The first kappa shape index (κ1) is 19.0. The predicted octanol–water partition coefficient (Wildman–Crippen LogP) is 5.74. The molecule has 1 saturated heterocycles. The average Bonchev–Trinajstić information content (AvgIpc) is 2.88. The van der Waals surface area contributed by atoms with Gasteiger partial charge in [-0.2, -0.15) is 0 Å². The maximum Gasteiger partial charge on any atom is 0.293 e. The van der Waals surface area contributed by atoms with Crippen LogP contribution in [0, 0.1) is 0 Å². The Kier molecular flexibility index (Phi) is 6.06. The SMILES string of the molecule is CCN1C(=O)S/C(=C/c2ccc(OCc3ccccc3Cl)c(Br)c2)C1=O. The molecule has 1 aliphatic rings. The van der Waals surface area contributed by atoms with E-state index >= 15 is 0 Å². The van der Waals surface area contributed by atoms with E-state index < -0.39 is 0 Å². The smallest absolute Gasteiger partial charge is 0.293 e. The predicted molar refractivity (Wildman–Crippen MR) is 108 cm³/mol. The number of nitrogens with zero attached hydrogens (tertiary/aromatic N) is 1. The normalized spacial score (nSPS) is 15.8. The molecule has 0 spiro atoms. The summed E-state index contributed by atoms with van der Waals surface area (Å²) in [7, 11) is 0. The average molecular weight is 453 g/mol. The monoisotopic (exact) mass is 451 g/mol. The number of hydrogen-bond acceptors (Lipinski definition) is 4. The Bertz CT molecular complexity index is 900. The highest BCUT2D eigenvalue weighted by atomic mass is 79.9. The molecule has 1 heterocycles. The van der Waals surface area contributed by atoms with Crippen molar-refractivity contribution in [1.29, 1.82) is 0 Å². The Labute approximate surface area is 169 Å². The lowest BCUT2D eigenvalue weighted by Crippen LogP contribution is -2.27. The molecular weight excluding hydrogens is 438 g/mol. The quantitative estimate of drug-likeness (QED) is 0.543. The molecule has 0 bridgehead atoms. The first-order chi connectivity index (χ1) is 12.5. The minimum atomic E-state index is -0.252. The van der Waals surface area contributed by atoms with Crippen LogP contribution in [0.3, 0.4) is 0 Å². The Hall–Kier alpha value is -1.76. The van der Waals surface area contributed by atoms with Crippen LogP contribution < -0.4 is 4.74 Å². The third-order valence-corrected chi connectivity index (χ3v) is 5.68. The zero-order valence-corrected chi connectivity index (χ0v) is 17.0. The Morgan fingerprint density at radius 1 is 1.23 bits per heavy atom. The number of halogens is 2. The second-order valence-corrected chi connectivity index (χ2v) is 7.75. The molecule has 7 heteroatoms. The number of carbonyl (C=O) groups excluding carboxylic acids is 2. The van der Waals surface area contributed by atoms with Crippen molar-refractivity contribution in [1.82, 2.24) is 4.90 Å². The summed E-state index contributed by atoms with van der Waals surface area (Å²) >= 11 is 10.6. The molecule has 2 aromatic carbocycles. The molecule has 0 radical (unpaired) electrons. The highest BCUT2D eigenvalue weighted by molar-refractivity contribution is 9.10. The van der Waals surface area contributed by atoms with E-state index in [0.29, 0.717) is 28.8 Å². The van der Waals surface area contributed by atoms with Gasteiger partial charge in [-0.3, -0.25) is 14.5 Å². The van der Waals surface area contributed by atoms with Gasteiger partial charge in [0.25, 0.3) is 11.1 Å². The summed E-state index contributed by atoms with van der Waals surface area (Å²) in [5.41, 5.74) is 1.71. The van der Waals surface area contributed by atoms with E-state index in [9.17, 15) is 9.59 Å². The topological polar surface area (TPSA) is 46.6 Å². The molecule has 1 aliphatic heterocycles. The van der Waals surface area contributed by atoms with Crippen LogP contribution in [0.25, 0.3) is 6.08 Å². The number of benzene rings is 2. The molecule has 4 nitrogen and oxygen atoms in total. The summed E-state index contributed by atoms with van der Waals surface area (Å²) in [6, 6.07) is 13.0. The molecule has 0 atom stereocenters. The summed E-state index contributed by atoms with van der Waals surface area (Å²) in [6.45, 7) is 2.51. The number of hydrogen-bond donors (Lipinski definition) is 0. The van der Waals surface area contributed by atoms with Crippen molar-refractivity contribution >= 4 is 56.5 Å². The summed E-state index contributed by atoms with van der Waals surface area (Å²) in [5, 5.41) is 0.425. The van der Waals surface area contributed by atoms with Gasteiger partial charge in [-0.05, 0) is 64.5 Å². The minimum absolute atomic E-state index is 0.234. The fourth-order valence-corrected chi connectivity index (χ4v) is 4.02. The lowest BCUT2D eigenvalue weighted by molar-refractivity contribution is -0.122. The fraction of sp³-hybridized carbons (Fsp3) is 0.158. The van der Waals surface area contributed by atoms with Crippen LogP contribution >= 0.6 is 39.3 Å². The van der Waals surface area contributed by atoms with Crippen LogP contribution in [-0.2, 0) is 11.4 Å². The van der Waals surface area contributed by atoms with Crippen LogP contribution in [0.5, 0.6) is 5.75 Å². The lowest BCUT2D eigenvalue weighted by Gasteiger charge is -2.10. The Balaban J connectivity index is 1.74. The Morgan fingerprint density at radius 2 is 2.00 bits per heavy atom. The number of carbonyl (C=O) groups is 2. The van der Waals surface area contributed by atoms with Gasteiger partial charge in [0.15, 0.2) is 0 Å². The van der Waals surface area contributed by atoms with Crippen molar-refractivity contribution in [2.75, 3.05) is 6.54 Å². The van der Waals surface area contributed by atoms with E-state index in [1.807, 2.05) is 42.5 Å². The fourth-order valence-electron chi connectivity index (χ4n) is 2.42. The molecule has 3 rings (SSSR count). The van der Waals surface area contributed by atoms with Crippen LogP contribution in [0.2, 0.25) is 5.02 Å². The van der Waals surface area contributed by atoms with Gasteiger partial charge < -0.3 is 4.74 Å². The second kappa shape index (κ2) is 8.29. The molecule has 2 amide bonds. The van der Waals surface area contributed by atoms with Crippen molar-refractivity contribution in [2.45, 2.75) is 13.5 Å². The summed E-state index contributed by atoms with van der Waals surface area (Å²) in [6.07, 6.45) is 1.71. The molecule has 1 fully saturated rings. The van der Waals surface area contributed by atoms with E-state index in [4.69, 9.17) is 16.3 Å². The number of thioether (sulfide) groups is 1. The third kappa shape index (κ3) is 4.14. The van der Waals surface area contributed by atoms with Crippen LogP contribution in [0.4, 0.5) is 4.79 Å². The number of likely N-dealkylation sites (N-methyl/N-ethyl adjacent to an activating group) is 1. The van der Waals surface area contributed by atoms with E-state index in [2.05, 4.69) is 15.9 Å². The zero-order valence-electron chi connectivity index (χ0n) is 13.9. The van der Waals surface area contributed by atoms with E-state index in [-0.39, 0.29) is 11.1 Å². The van der Waals surface area contributed by atoms with Gasteiger partial charge >= 0.3 is 0 Å². The van der Waals surface area contributed by atoms with Gasteiger partial charge in [0.05, 0.1) is 9.38 Å². The van der Waals surface area contributed by atoms with Gasteiger partial charge in [0.2, 0.25) is 0 Å². The molecule has 134 valence electrons. The number of rotatable bonds is 5. The zero-order chi connectivity index (χ0) is 18.7. The first-order valence-corrected chi connectivity index (χ1v) is 9.89. The van der Waals surface area contributed by atoms with E-state index in [1.165, 1.54) is 4.90 Å². The van der Waals surface area contributed by atoms with Crippen LogP contribution in [0.15, 0.2) is 51.8 Å². The number of ether oxygens (including phenoxy) is 1. The van der Waals surface area contributed by atoms with Gasteiger partial charge in [0.1, 0.15) is 12.4 Å². The highest BCUT2D eigenvalue weighted by Gasteiger charge is 2.33. The summed E-state index contributed by atoms with van der Waals surface area (Å²) < 4.78 is 6.57. The lowest BCUT2D eigenvalue weighted by atomic mass is 10.2. The third-order valence-electron chi connectivity index (χ3n) is 3.78. The first-order valence-electron chi connectivity index (χ1n) is 7.90. The summed E-state index contributed by atoms with van der Waals surface area (Å²) in [5.74, 6) is 0.418. The van der Waals surface area contributed by atoms with Gasteiger partial charge in [-0.15, -0.1) is 0 Å². The molecule has 2 aromatic rings. The molecule has 0 aromatic heterocycles. The van der Waals surface area contributed by atoms with Crippen molar-refractivity contribution in [2.24, 2.45) is 0 Å². The van der Waals surface area contributed by atoms with Crippen molar-refractivity contribution in [3.63, 3.8) is 0 Å². The summed E-state index contributed by atoms with van der Waals surface area (Å²) in [4.78, 5) is 25.6. The number of imide groups is 1. The number of amides is 2. The molecule has 0 N–H and O–H groups in total. The largest absolute Gasteiger partial charge is 0.488 e. The Morgan fingerprint density at radius 3 is 2.65 bits per heavy atom. The molecule has 0 saturated carbocycles. The maximum absolute atomic E-state index is 12.2. The second-order valence-electron chi connectivity index (χ2n) is 5.50. The minimum Gasteiger partial charge on any atom is -0.488 e. The molecular formula is C19H15BrClNO3S. The van der Waals surface area contributed by atoms with Crippen molar-refractivity contribution in [3.05, 3.63) is 68.0 Å². The molecule has 26 heavy (non-hydrogen) atoms. The highest BCUT2D eigenvalue weighted by Crippen LogP contribution is 2.34. The standard InChI is InChI=1S/C19H15BrClNO3S/c1-2-22-18(23)17(26-19(22)24)10-12-7-8-16(14(20)9-12)25-11-13-5-3-4-6-15(13)21/h3-10H,2,11H2,1H3/b17-10+. The molecule has 0 aliphatic carbocycles. The van der Waals surface area contributed by atoms with E-state index in [0.717, 1.165) is 27.4 Å². The van der Waals surface area contributed by atoms with Crippen LogP contribution in [-0.4, -0.2) is 22.6 Å². The molecule has 0 unspecified atom stereocenters. The maximum atomic E-state index is 12.2. The van der Waals surface area contributed by atoms with Gasteiger partial charge in [-0.25, -0.2) is 0 Å². The van der Waals surface area contributed by atoms with Crippen molar-refractivity contribution < 1.29 is 14.3 Å².